The lowest BCUT2D eigenvalue weighted by atomic mass is 10.0. The molecule has 0 bridgehead atoms. The van der Waals surface area contributed by atoms with E-state index in [0.717, 1.165) is 77.1 Å². The zero-order chi connectivity index (χ0) is 23.6. The number of imidazole rings is 1. The highest BCUT2D eigenvalue weighted by atomic mass is 15.1. The number of nitrogens with zero attached hydrogens (tertiary/aromatic N) is 5. The molecular formula is C28H25N7. The number of fused-ring (bicyclic) bond motifs is 2. The summed E-state index contributed by atoms with van der Waals surface area (Å²) in [7, 11) is 0. The first kappa shape index (κ1) is 21.3. The van der Waals surface area contributed by atoms with Crippen molar-refractivity contribution in [1.29, 1.82) is 5.26 Å². The fraction of sp³-hybridized carbons (Fsp3) is 0.214. The number of H-pyrrole nitrogens is 1. The van der Waals surface area contributed by atoms with Crippen molar-refractivity contribution in [2.75, 3.05) is 13.1 Å². The zero-order valence-corrected chi connectivity index (χ0v) is 19.3. The molecule has 3 heterocycles. The summed E-state index contributed by atoms with van der Waals surface area (Å²) in [5.41, 5.74) is 8.84. The summed E-state index contributed by atoms with van der Waals surface area (Å²) in [6.07, 6.45) is 5.67. The molecular weight excluding hydrogens is 434 g/mol. The SMILES string of the molecule is N#CNC1CCN(Cc2ccc(-c3[nH]c4cc5ncnc5cc4nc3-c3ccccc3)cc2)CC1. The van der Waals surface area contributed by atoms with Gasteiger partial charge in [-0.05, 0) is 30.5 Å². The van der Waals surface area contributed by atoms with Crippen LogP contribution in [0.2, 0.25) is 0 Å². The molecule has 0 amide bonds. The Hall–Kier alpha value is -4.28. The van der Waals surface area contributed by atoms with Gasteiger partial charge in [-0.1, -0.05) is 54.6 Å². The number of benzene rings is 3. The maximum atomic E-state index is 8.84. The van der Waals surface area contributed by atoms with E-state index in [1.807, 2.05) is 30.3 Å². The Morgan fingerprint density at radius 2 is 1.66 bits per heavy atom. The second-order valence-electron chi connectivity index (χ2n) is 9.06. The molecule has 0 unspecified atom stereocenters. The molecule has 7 nitrogen and oxygen atoms in total. The highest BCUT2D eigenvalue weighted by Crippen LogP contribution is 2.32. The molecule has 7 heteroatoms. The molecule has 1 saturated heterocycles. The van der Waals surface area contributed by atoms with Crippen molar-refractivity contribution in [2.45, 2.75) is 25.4 Å². The first-order valence-corrected chi connectivity index (χ1v) is 11.9. The van der Waals surface area contributed by atoms with Crippen LogP contribution in [-0.4, -0.2) is 44.0 Å². The topological polar surface area (TPSA) is 93.5 Å². The number of piperidine rings is 1. The first-order chi connectivity index (χ1) is 17.3. The quantitative estimate of drug-likeness (QED) is 0.288. The van der Waals surface area contributed by atoms with Crippen LogP contribution in [0.15, 0.2) is 73.1 Å². The molecule has 35 heavy (non-hydrogen) atoms. The predicted octanol–water partition coefficient (Wildman–Crippen LogP) is 4.88. The van der Waals surface area contributed by atoms with Crippen LogP contribution >= 0.6 is 0 Å². The molecule has 2 N–H and O–H groups in total. The second kappa shape index (κ2) is 9.16. The fourth-order valence-electron chi connectivity index (χ4n) is 4.86. The minimum atomic E-state index is 0.312. The van der Waals surface area contributed by atoms with E-state index in [0.29, 0.717) is 6.04 Å². The van der Waals surface area contributed by atoms with E-state index in [-0.39, 0.29) is 0 Å². The maximum absolute atomic E-state index is 8.84. The monoisotopic (exact) mass is 459 g/mol. The third-order valence-electron chi connectivity index (χ3n) is 6.77. The van der Waals surface area contributed by atoms with Gasteiger partial charge in [0.1, 0.15) is 6.33 Å². The van der Waals surface area contributed by atoms with Gasteiger partial charge in [-0.2, -0.15) is 5.26 Å². The Labute approximate surface area is 203 Å². The van der Waals surface area contributed by atoms with E-state index >= 15 is 0 Å². The minimum absolute atomic E-state index is 0.312. The van der Waals surface area contributed by atoms with Gasteiger partial charge in [0, 0.05) is 36.8 Å². The number of aromatic nitrogens is 4. The van der Waals surface area contributed by atoms with Crippen molar-refractivity contribution >= 4 is 22.1 Å². The van der Waals surface area contributed by atoms with E-state index in [2.05, 4.69) is 67.8 Å². The highest BCUT2D eigenvalue weighted by Gasteiger charge is 2.19. The van der Waals surface area contributed by atoms with Crippen LogP contribution < -0.4 is 5.32 Å². The second-order valence-corrected chi connectivity index (χ2v) is 9.06. The largest absolute Gasteiger partial charge is 0.351 e. The number of likely N-dealkylation sites (tertiary alicyclic amines) is 1. The van der Waals surface area contributed by atoms with Crippen molar-refractivity contribution in [3.63, 3.8) is 0 Å². The van der Waals surface area contributed by atoms with Crippen molar-refractivity contribution < 1.29 is 0 Å². The summed E-state index contributed by atoms with van der Waals surface area (Å²) in [5.74, 6) is 0. The zero-order valence-electron chi connectivity index (χ0n) is 19.3. The van der Waals surface area contributed by atoms with Gasteiger partial charge in [-0.15, -0.1) is 0 Å². The summed E-state index contributed by atoms with van der Waals surface area (Å²) in [6, 6.07) is 23.3. The summed E-state index contributed by atoms with van der Waals surface area (Å²) in [5, 5.41) is 11.7. The summed E-state index contributed by atoms with van der Waals surface area (Å²) < 4.78 is 0. The van der Waals surface area contributed by atoms with E-state index in [9.17, 15) is 0 Å². The molecule has 1 aliphatic heterocycles. The van der Waals surface area contributed by atoms with Gasteiger partial charge in [0.2, 0.25) is 0 Å². The molecule has 3 aromatic carbocycles. The predicted molar refractivity (Wildman–Crippen MR) is 137 cm³/mol. The van der Waals surface area contributed by atoms with E-state index in [4.69, 9.17) is 10.2 Å². The standard InChI is InChI=1S/C28H25N7/c29-17-30-22-10-12-35(13-11-22)16-19-6-8-21(9-7-19)28-27(20-4-2-1-3-5-20)33-25-14-23-24(32-18-31-23)15-26(25)34-28/h1-9,14-15,18,22,30,34H,10-13,16H2. The summed E-state index contributed by atoms with van der Waals surface area (Å²) in [6.45, 7) is 2.92. The van der Waals surface area contributed by atoms with Gasteiger partial charge in [0.25, 0.3) is 0 Å². The van der Waals surface area contributed by atoms with Crippen LogP contribution in [0.3, 0.4) is 0 Å². The maximum Gasteiger partial charge on any atom is 0.176 e. The van der Waals surface area contributed by atoms with Gasteiger partial charge in [0.15, 0.2) is 6.19 Å². The van der Waals surface area contributed by atoms with Crippen LogP contribution in [-0.2, 0) is 6.54 Å². The van der Waals surface area contributed by atoms with Gasteiger partial charge >= 0.3 is 0 Å². The van der Waals surface area contributed by atoms with E-state index in [1.54, 1.807) is 6.33 Å². The molecule has 6 rings (SSSR count). The first-order valence-electron chi connectivity index (χ1n) is 11.9. The van der Waals surface area contributed by atoms with Gasteiger partial charge in [-0.25, -0.2) is 15.0 Å². The Morgan fingerprint density at radius 1 is 0.914 bits per heavy atom. The fourth-order valence-corrected chi connectivity index (χ4v) is 4.86. The average Bonchev–Trinajstić information content (AvgIpc) is 3.36. The van der Waals surface area contributed by atoms with Crippen molar-refractivity contribution in [1.82, 2.24) is 30.2 Å². The van der Waals surface area contributed by atoms with Gasteiger partial charge in [0.05, 0.1) is 33.5 Å². The van der Waals surface area contributed by atoms with Crippen LogP contribution in [0.25, 0.3) is 44.6 Å². The molecule has 0 spiro atoms. The lowest BCUT2D eigenvalue weighted by Crippen LogP contribution is -2.40. The summed E-state index contributed by atoms with van der Waals surface area (Å²) in [4.78, 5) is 19.8. The Bertz CT molecular complexity index is 1510. The van der Waals surface area contributed by atoms with Gasteiger partial charge < -0.3 is 10.3 Å². The van der Waals surface area contributed by atoms with E-state index < -0.39 is 0 Å². The average molecular weight is 460 g/mol. The summed E-state index contributed by atoms with van der Waals surface area (Å²) >= 11 is 0. The molecule has 2 aromatic heterocycles. The van der Waals surface area contributed by atoms with Crippen LogP contribution in [0, 0.1) is 11.5 Å². The minimum Gasteiger partial charge on any atom is -0.351 e. The molecule has 0 aliphatic carbocycles. The molecule has 0 atom stereocenters. The third kappa shape index (κ3) is 4.32. The van der Waals surface area contributed by atoms with Crippen LogP contribution in [0.4, 0.5) is 0 Å². The Balaban J connectivity index is 1.33. The molecule has 1 aliphatic rings. The Kier molecular flexibility index (Phi) is 5.57. The third-order valence-corrected chi connectivity index (χ3v) is 6.77. The Morgan fingerprint density at radius 3 is 2.40 bits per heavy atom. The van der Waals surface area contributed by atoms with Crippen LogP contribution in [0.1, 0.15) is 18.4 Å². The molecule has 172 valence electrons. The molecule has 1 fully saturated rings. The van der Waals surface area contributed by atoms with Crippen molar-refractivity contribution in [3.8, 4) is 28.7 Å². The number of aromatic amines is 1. The lowest BCUT2D eigenvalue weighted by Gasteiger charge is -2.31. The molecule has 0 radical (unpaired) electrons. The van der Waals surface area contributed by atoms with Gasteiger partial charge in [-0.3, -0.25) is 4.90 Å². The molecule has 0 saturated carbocycles. The van der Waals surface area contributed by atoms with Crippen molar-refractivity contribution in [2.24, 2.45) is 0 Å². The van der Waals surface area contributed by atoms with Crippen LogP contribution in [0.5, 0.6) is 0 Å². The lowest BCUT2D eigenvalue weighted by molar-refractivity contribution is 0.197. The number of hydrogen-bond donors (Lipinski definition) is 2. The van der Waals surface area contributed by atoms with Crippen molar-refractivity contribution in [3.05, 3.63) is 78.6 Å². The highest BCUT2D eigenvalue weighted by molar-refractivity contribution is 5.94. The number of nitriles is 1. The number of rotatable bonds is 5. The number of hydrogen-bond acceptors (Lipinski definition) is 6. The normalized spacial score (nSPS) is 14.8. The smallest absolute Gasteiger partial charge is 0.176 e. The number of nitrogens with one attached hydrogen (secondary N) is 2. The molecule has 5 aromatic rings. The van der Waals surface area contributed by atoms with E-state index in [1.165, 1.54) is 5.56 Å².